The number of nitrogens with zero attached hydrogens (tertiary/aromatic N) is 1. The van der Waals surface area contributed by atoms with Crippen molar-refractivity contribution in [2.24, 2.45) is 0 Å². The molecule has 2 N–H and O–H groups in total. The van der Waals surface area contributed by atoms with Gasteiger partial charge in [-0.05, 0) is 24.3 Å². The first-order chi connectivity index (χ1) is 12.7. The Bertz CT molecular complexity index is 1020. The molecular formula is C20H16N2O4. The molecule has 2 aromatic carbocycles. The van der Waals surface area contributed by atoms with Crippen molar-refractivity contribution in [2.75, 3.05) is 18.5 Å². The van der Waals surface area contributed by atoms with Crippen molar-refractivity contribution < 1.29 is 19.1 Å². The number of aliphatic hydroxyl groups is 1. The normalized spacial score (nSPS) is 14.2. The summed E-state index contributed by atoms with van der Waals surface area (Å²) in [5.74, 6) is -0.109. The van der Waals surface area contributed by atoms with Crippen molar-refractivity contribution >= 4 is 28.5 Å². The second-order valence-corrected chi connectivity index (χ2v) is 5.93. The molecule has 1 aromatic heterocycles. The second-order valence-electron chi connectivity index (χ2n) is 5.93. The molecule has 0 saturated heterocycles. The third kappa shape index (κ3) is 2.87. The SMILES string of the molecule is O=C1C=C(Nc2ccc3oc(-c4ccccc4)cc3c2)C(=O)N1CCO. The summed E-state index contributed by atoms with van der Waals surface area (Å²) in [6.07, 6.45) is 1.24. The van der Waals surface area contributed by atoms with Crippen LogP contribution in [-0.2, 0) is 9.59 Å². The van der Waals surface area contributed by atoms with Crippen LogP contribution in [0.15, 0.2) is 70.8 Å². The summed E-state index contributed by atoms with van der Waals surface area (Å²) < 4.78 is 5.87. The van der Waals surface area contributed by atoms with Gasteiger partial charge in [0.2, 0.25) is 0 Å². The molecule has 1 aliphatic rings. The minimum Gasteiger partial charge on any atom is -0.456 e. The Morgan fingerprint density at radius 3 is 2.62 bits per heavy atom. The number of furan rings is 1. The van der Waals surface area contributed by atoms with Gasteiger partial charge in [-0.25, -0.2) is 0 Å². The van der Waals surface area contributed by atoms with Crippen LogP contribution in [-0.4, -0.2) is 35.0 Å². The van der Waals surface area contributed by atoms with Crippen molar-refractivity contribution in [3.8, 4) is 11.3 Å². The Balaban J connectivity index is 1.59. The van der Waals surface area contributed by atoms with Gasteiger partial charge in [-0.15, -0.1) is 0 Å². The van der Waals surface area contributed by atoms with E-state index in [-0.39, 0.29) is 18.8 Å². The van der Waals surface area contributed by atoms with E-state index in [1.54, 1.807) is 6.07 Å². The zero-order valence-corrected chi connectivity index (χ0v) is 13.8. The van der Waals surface area contributed by atoms with E-state index >= 15 is 0 Å². The highest BCUT2D eigenvalue weighted by molar-refractivity contribution is 6.17. The molecule has 6 heteroatoms. The smallest absolute Gasteiger partial charge is 0.277 e. The molecule has 2 heterocycles. The number of β-amino-alcohol motifs (C(OH)–C–C–N with tert-alkyl or cyclic N) is 1. The maximum Gasteiger partial charge on any atom is 0.277 e. The van der Waals surface area contributed by atoms with Crippen LogP contribution in [0.25, 0.3) is 22.3 Å². The number of imide groups is 1. The lowest BCUT2D eigenvalue weighted by Gasteiger charge is -2.13. The zero-order valence-electron chi connectivity index (χ0n) is 13.8. The number of aliphatic hydroxyl groups excluding tert-OH is 1. The van der Waals surface area contributed by atoms with E-state index in [1.807, 2.05) is 48.5 Å². The monoisotopic (exact) mass is 348 g/mol. The number of amides is 2. The second kappa shape index (κ2) is 6.50. The highest BCUT2D eigenvalue weighted by Gasteiger charge is 2.30. The Labute approximate surface area is 149 Å². The minimum absolute atomic E-state index is 0.0133. The fraction of sp³-hybridized carbons (Fsp3) is 0.100. The molecule has 0 radical (unpaired) electrons. The van der Waals surface area contributed by atoms with E-state index in [2.05, 4.69) is 5.32 Å². The largest absolute Gasteiger partial charge is 0.456 e. The summed E-state index contributed by atoms with van der Waals surface area (Å²) in [6.45, 7) is -0.275. The number of fused-ring (bicyclic) bond motifs is 1. The van der Waals surface area contributed by atoms with E-state index in [4.69, 9.17) is 9.52 Å². The average molecular weight is 348 g/mol. The number of carbonyl (C=O) groups is 2. The third-order valence-electron chi connectivity index (χ3n) is 4.19. The van der Waals surface area contributed by atoms with Gasteiger partial charge in [-0.2, -0.15) is 0 Å². The van der Waals surface area contributed by atoms with Crippen LogP contribution in [0.1, 0.15) is 0 Å². The molecule has 0 fully saturated rings. The van der Waals surface area contributed by atoms with Crippen LogP contribution in [0.4, 0.5) is 5.69 Å². The van der Waals surface area contributed by atoms with Gasteiger partial charge in [-0.1, -0.05) is 30.3 Å². The Morgan fingerprint density at radius 2 is 1.85 bits per heavy atom. The maximum atomic E-state index is 12.2. The molecule has 2 amide bonds. The first kappa shape index (κ1) is 16.1. The number of hydrogen-bond donors (Lipinski definition) is 2. The van der Waals surface area contributed by atoms with Crippen LogP contribution >= 0.6 is 0 Å². The van der Waals surface area contributed by atoms with Gasteiger partial charge >= 0.3 is 0 Å². The molecule has 0 saturated carbocycles. The quantitative estimate of drug-likeness (QED) is 0.693. The lowest BCUT2D eigenvalue weighted by molar-refractivity contribution is -0.137. The van der Waals surface area contributed by atoms with E-state index in [0.717, 1.165) is 27.2 Å². The van der Waals surface area contributed by atoms with Crippen LogP contribution in [0.5, 0.6) is 0 Å². The van der Waals surface area contributed by atoms with Crippen molar-refractivity contribution in [3.63, 3.8) is 0 Å². The summed E-state index contributed by atoms with van der Waals surface area (Å²) >= 11 is 0. The van der Waals surface area contributed by atoms with Gasteiger partial charge in [0.05, 0.1) is 13.2 Å². The fourth-order valence-electron chi connectivity index (χ4n) is 2.93. The van der Waals surface area contributed by atoms with Gasteiger partial charge in [0, 0.05) is 22.7 Å². The van der Waals surface area contributed by atoms with Crippen LogP contribution in [0, 0.1) is 0 Å². The number of carbonyl (C=O) groups excluding carboxylic acids is 2. The number of nitrogens with one attached hydrogen (secondary N) is 1. The van der Waals surface area contributed by atoms with Gasteiger partial charge in [0.1, 0.15) is 17.0 Å². The summed E-state index contributed by atoms with van der Waals surface area (Å²) in [6, 6.07) is 17.2. The van der Waals surface area contributed by atoms with Crippen molar-refractivity contribution in [1.29, 1.82) is 0 Å². The Hall–Kier alpha value is -3.38. The molecule has 3 aromatic rings. The molecule has 26 heavy (non-hydrogen) atoms. The molecule has 4 rings (SSSR count). The summed E-state index contributed by atoms with van der Waals surface area (Å²) in [5, 5.41) is 12.8. The molecule has 0 bridgehead atoms. The molecule has 1 aliphatic heterocycles. The van der Waals surface area contributed by atoms with Gasteiger partial charge in [0.15, 0.2) is 0 Å². The first-order valence-electron chi connectivity index (χ1n) is 8.20. The lowest BCUT2D eigenvalue weighted by Crippen LogP contribution is -2.34. The summed E-state index contributed by atoms with van der Waals surface area (Å²) in [7, 11) is 0. The van der Waals surface area contributed by atoms with E-state index in [0.29, 0.717) is 5.69 Å². The van der Waals surface area contributed by atoms with E-state index in [1.165, 1.54) is 6.08 Å². The first-order valence-corrected chi connectivity index (χ1v) is 8.20. The summed E-state index contributed by atoms with van der Waals surface area (Å²) in [4.78, 5) is 25.0. The van der Waals surface area contributed by atoms with Crippen LogP contribution in [0.3, 0.4) is 0 Å². The van der Waals surface area contributed by atoms with Gasteiger partial charge < -0.3 is 14.8 Å². The minimum atomic E-state index is -0.443. The molecule has 0 atom stereocenters. The average Bonchev–Trinajstić information content (AvgIpc) is 3.19. The van der Waals surface area contributed by atoms with Crippen molar-refractivity contribution in [2.45, 2.75) is 0 Å². The molecule has 0 spiro atoms. The highest BCUT2D eigenvalue weighted by atomic mass is 16.3. The standard InChI is InChI=1S/C20H16N2O4/c23-9-8-22-19(24)12-16(20(22)25)21-15-6-7-17-14(10-15)11-18(26-17)13-4-2-1-3-5-13/h1-7,10-12,21,23H,8-9H2. The van der Waals surface area contributed by atoms with Crippen LogP contribution < -0.4 is 5.32 Å². The summed E-state index contributed by atoms with van der Waals surface area (Å²) in [5.41, 5.74) is 2.59. The van der Waals surface area contributed by atoms with Gasteiger partial charge in [-0.3, -0.25) is 14.5 Å². The molecule has 0 unspecified atom stereocenters. The predicted molar refractivity (Wildman–Crippen MR) is 97.2 cm³/mol. The Morgan fingerprint density at radius 1 is 1.04 bits per heavy atom. The number of anilines is 1. The topological polar surface area (TPSA) is 82.8 Å². The molecule has 0 aliphatic carbocycles. The Kier molecular flexibility index (Phi) is 4.02. The molecular weight excluding hydrogens is 332 g/mol. The highest BCUT2D eigenvalue weighted by Crippen LogP contribution is 2.30. The van der Waals surface area contributed by atoms with E-state index < -0.39 is 11.8 Å². The van der Waals surface area contributed by atoms with Gasteiger partial charge in [0.25, 0.3) is 11.8 Å². The zero-order chi connectivity index (χ0) is 18.1. The number of hydrogen-bond acceptors (Lipinski definition) is 5. The number of benzene rings is 2. The maximum absolute atomic E-state index is 12.2. The fourth-order valence-corrected chi connectivity index (χ4v) is 2.93. The van der Waals surface area contributed by atoms with Crippen LogP contribution in [0.2, 0.25) is 0 Å². The molecule has 130 valence electrons. The van der Waals surface area contributed by atoms with Crippen molar-refractivity contribution in [3.05, 3.63) is 66.4 Å². The predicted octanol–water partition coefficient (Wildman–Crippen LogP) is 2.76. The van der Waals surface area contributed by atoms with E-state index in [9.17, 15) is 9.59 Å². The lowest BCUT2D eigenvalue weighted by atomic mass is 10.1. The molecule has 6 nitrogen and oxygen atoms in total. The number of rotatable bonds is 5. The third-order valence-corrected chi connectivity index (χ3v) is 4.19. The van der Waals surface area contributed by atoms with Crippen molar-refractivity contribution in [1.82, 2.24) is 4.90 Å².